The molecule has 2 aromatic rings. The van der Waals surface area contributed by atoms with Crippen LogP contribution in [0.25, 0.3) is 11.6 Å². The van der Waals surface area contributed by atoms with E-state index in [2.05, 4.69) is 0 Å². The van der Waals surface area contributed by atoms with Gasteiger partial charge in [-0.3, -0.25) is 0 Å². The molecule has 0 fully saturated rings. The van der Waals surface area contributed by atoms with E-state index in [-0.39, 0.29) is 11.1 Å². The summed E-state index contributed by atoms with van der Waals surface area (Å²) >= 11 is 0. The van der Waals surface area contributed by atoms with Crippen molar-refractivity contribution in [2.75, 3.05) is 21.3 Å². The SMILES string of the molecule is COc1cc(OC)c(C=C(C#N)c2ccccc2F)c(OC)c1. The third-order valence-electron chi connectivity index (χ3n) is 3.33. The number of allylic oxidation sites excluding steroid dienone is 1. The van der Waals surface area contributed by atoms with Crippen molar-refractivity contribution in [1.82, 2.24) is 0 Å². The summed E-state index contributed by atoms with van der Waals surface area (Å²) in [7, 11) is 4.53. The van der Waals surface area contributed by atoms with Crippen molar-refractivity contribution in [2.45, 2.75) is 0 Å². The van der Waals surface area contributed by atoms with Crippen LogP contribution in [0.15, 0.2) is 36.4 Å². The number of rotatable bonds is 5. The van der Waals surface area contributed by atoms with E-state index in [1.165, 1.54) is 33.5 Å². The van der Waals surface area contributed by atoms with Crippen molar-refractivity contribution in [3.63, 3.8) is 0 Å². The molecule has 0 N–H and O–H groups in total. The molecule has 0 saturated carbocycles. The molecule has 4 nitrogen and oxygen atoms in total. The van der Waals surface area contributed by atoms with Crippen LogP contribution in [0.5, 0.6) is 17.2 Å². The predicted octanol–water partition coefficient (Wildman–Crippen LogP) is 3.92. The van der Waals surface area contributed by atoms with Gasteiger partial charge in [0.15, 0.2) is 0 Å². The van der Waals surface area contributed by atoms with Gasteiger partial charge in [0.1, 0.15) is 23.1 Å². The number of nitriles is 1. The molecule has 118 valence electrons. The Morgan fingerprint density at radius 3 is 2.13 bits per heavy atom. The third kappa shape index (κ3) is 3.43. The Kier molecular flexibility index (Phi) is 5.21. The van der Waals surface area contributed by atoms with Crippen molar-refractivity contribution in [3.8, 4) is 23.3 Å². The molecule has 0 saturated heterocycles. The Morgan fingerprint density at radius 2 is 1.65 bits per heavy atom. The number of benzene rings is 2. The van der Waals surface area contributed by atoms with Crippen molar-refractivity contribution in [2.24, 2.45) is 0 Å². The molecule has 0 heterocycles. The van der Waals surface area contributed by atoms with E-state index >= 15 is 0 Å². The lowest BCUT2D eigenvalue weighted by atomic mass is 10.0. The monoisotopic (exact) mass is 313 g/mol. The minimum absolute atomic E-state index is 0.171. The number of hydrogen-bond donors (Lipinski definition) is 0. The molecule has 0 atom stereocenters. The first-order valence-electron chi connectivity index (χ1n) is 6.81. The van der Waals surface area contributed by atoms with Gasteiger partial charge in [0.05, 0.1) is 38.5 Å². The Balaban J connectivity index is 2.65. The highest BCUT2D eigenvalue weighted by molar-refractivity contribution is 5.92. The fourth-order valence-corrected chi connectivity index (χ4v) is 2.17. The zero-order chi connectivity index (χ0) is 16.8. The van der Waals surface area contributed by atoms with E-state index in [0.29, 0.717) is 22.8 Å². The molecule has 23 heavy (non-hydrogen) atoms. The molecular formula is C18H16FNO3. The summed E-state index contributed by atoms with van der Waals surface area (Å²) < 4.78 is 29.8. The van der Waals surface area contributed by atoms with E-state index in [4.69, 9.17) is 14.2 Å². The first kappa shape index (κ1) is 16.4. The second-order valence-corrected chi connectivity index (χ2v) is 4.60. The Bertz CT molecular complexity index is 753. The summed E-state index contributed by atoms with van der Waals surface area (Å²) in [6, 6.07) is 11.5. The van der Waals surface area contributed by atoms with Crippen LogP contribution >= 0.6 is 0 Å². The molecule has 2 rings (SSSR count). The maximum atomic E-state index is 13.9. The third-order valence-corrected chi connectivity index (χ3v) is 3.33. The summed E-state index contributed by atoms with van der Waals surface area (Å²) in [5.74, 6) is 1.02. The van der Waals surface area contributed by atoms with E-state index in [1.807, 2.05) is 6.07 Å². The van der Waals surface area contributed by atoms with Crippen molar-refractivity contribution >= 4 is 11.6 Å². The van der Waals surface area contributed by atoms with Crippen LogP contribution in [-0.4, -0.2) is 21.3 Å². The summed E-state index contributed by atoms with van der Waals surface area (Å²) in [5.41, 5.74) is 0.926. The normalized spacial score (nSPS) is 10.8. The Morgan fingerprint density at radius 1 is 1.04 bits per heavy atom. The standard InChI is InChI=1S/C18H16FNO3/c1-21-13-9-17(22-2)15(18(10-13)23-3)8-12(11-20)14-6-4-5-7-16(14)19/h4-10H,1-3H3. The number of ether oxygens (including phenoxy) is 3. The van der Waals surface area contributed by atoms with Gasteiger partial charge in [0, 0.05) is 17.7 Å². The molecule has 0 aromatic heterocycles. The Labute approximate surface area is 134 Å². The molecule has 0 amide bonds. The van der Waals surface area contributed by atoms with E-state index in [0.717, 1.165) is 0 Å². The molecular weight excluding hydrogens is 297 g/mol. The number of halogens is 1. The van der Waals surface area contributed by atoms with Gasteiger partial charge in [-0.1, -0.05) is 18.2 Å². The summed E-state index contributed by atoms with van der Waals surface area (Å²) in [5, 5.41) is 9.40. The van der Waals surface area contributed by atoms with Crippen LogP contribution in [0.2, 0.25) is 0 Å². The maximum Gasteiger partial charge on any atom is 0.133 e. The lowest BCUT2D eigenvalue weighted by Gasteiger charge is -2.13. The van der Waals surface area contributed by atoms with Gasteiger partial charge in [-0.2, -0.15) is 5.26 Å². The van der Waals surface area contributed by atoms with Gasteiger partial charge < -0.3 is 14.2 Å². The molecule has 2 aromatic carbocycles. The van der Waals surface area contributed by atoms with Gasteiger partial charge in [-0.05, 0) is 12.1 Å². The molecule has 5 heteroatoms. The number of nitrogens with zero attached hydrogens (tertiary/aromatic N) is 1. The highest BCUT2D eigenvalue weighted by Crippen LogP contribution is 2.36. The average Bonchev–Trinajstić information content (AvgIpc) is 2.59. The lowest BCUT2D eigenvalue weighted by Crippen LogP contribution is -1.96. The molecule has 0 radical (unpaired) electrons. The van der Waals surface area contributed by atoms with Crippen molar-refractivity contribution in [1.29, 1.82) is 5.26 Å². The van der Waals surface area contributed by atoms with Crippen LogP contribution in [-0.2, 0) is 0 Å². The van der Waals surface area contributed by atoms with E-state index < -0.39 is 5.82 Å². The summed E-state index contributed by atoms with van der Waals surface area (Å²) in [6.45, 7) is 0. The van der Waals surface area contributed by atoms with Crippen LogP contribution in [0, 0.1) is 17.1 Å². The molecule has 0 aliphatic rings. The minimum Gasteiger partial charge on any atom is -0.496 e. The second kappa shape index (κ2) is 7.32. The van der Waals surface area contributed by atoms with Gasteiger partial charge in [0.25, 0.3) is 0 Å². The molecule has 0 aliphatic heterocycles. The Hall–Kier alpha value is -3.00. The van der Waals surface area contributed by atoms with E-state index in [9.17, 15) is 9.65 Å². The summed E-state index contributed by atoms with van der Waals surface area (Å²) in [6.07, 6.45) is 1.54. The van der Waals surface area contributed by atoms with Crippen LogP contribution in [0.1, 0.15) is 11.1 Å². The predicted molar refractivity (Wildman–Crippen MR) is 86.0 cm³/mol. The van der Waals surface area contributed by atoms with Crippen LogP contribution < -0.4 is 14.2 Å². The van der Waals surface area contributed by atoms with Gasteiger partial charge in [-0.25, -0.2) is 4.39 Å². The lowest BCUT2D eigenvalue weighted by molar-refractivity contribution is 0.374. The zero-order valence-electron chi connectivity index (χ0n) is 13.1. The van der Waals surface area contributed by atoms with Crippen molar-refractivity contribution in [3.05, 3.63) is 53.3 Å². The fourth-order valence-electron chi connectivity index (χ4n) is 2.17. The smallest absolute Gasteiger partial charge is 0.133 e. The first-order valence-corrected chi connectivity index (χ1v) is 6.81. The van der Waals surface area contributed by atoms with Crippen LogP contribution in [0.4, 0.5) is 4.39 Å². The first-order chi connectivity index (χ1) is 11.1. The largest absolute Gasteiger partial charge is 0.496 e. The van der Waals surface area contributed by atoms with E-state index in [1.54, 1.807) is 30.3 Å². The number of hydrogen-bond acceptors (Lipinski definition) is 4. The zero-order valence-corrected chi connectivity index (χ0v) is 13.1. The highest BCUT2D eigenvalue weighted by Gasteiger charge is 2.14. The average molecular weight is 313 g/mol. The number of methoxy groups -OCH3 is 3. The minimum atomic E-state index is -0.466. The molecule has 0 unspecified atom stereocenters. The van der Waals surface area contributed by atoms with Crippen LogP contribution in [0.3, 0.4) is 0 Å². The molecule has 0 spiro atoms. The molecule has 0 bridgehead atoms. The fraction of sp³-hybridized carbons (Fsp3) is 0.167. The van der Waals surface area contributed by atoms with Gasteiger partial charge in [-0.15, -0.1) is 0 Å². The molecule has 0 aliphatic carbocycles. The van der Waals surface area contributed by atoms with Crippen molar-refractivity contribution < 1.29 is 18.6 Å². The second-order valence-electron chi connectivity index (χ2n) is 4.60. The summed E-state index contributed by atoms with van der Waals surface area (Å²) in [4.78, 5) is 0. The topological polar surface area (TPSA) is 51.5 Å². The highest BCUT2D eigenvalue weighted by atomic mass is 19.1. The van der Waals surface area contributed by atoms with Gasteiger partial charge in [0.2, 0.25) is 0 Å². The van der Waals surface area contributed by atoms with Gasteiger partial charge >= 0.3 is 0 Å². The quantitative estimate of drug-likeness (QED) is 0.620. The maximum absolute atomic E-state index is 13.9.